The molecule has 1 N–H and O–H groups in total. The van der Waals surface area contributed by atoms with E-state index in [-0.39, 0.29) is 11.2 Å². The van der Waals surface area contributed by atoms with Crippen LogP contribution in [-0.2, 0) is 9.84 Å². The van der Waals surface area contributed by atoms with Gasteiger partial charge in [0.2, 0.25) is 0 Å². The van der Waals surface area contributed by atoms with Crippen molar-refractivity contribution < 1.29 is 18.3 Å². The minimum absolute atomic E-state index is 0.0110. The first kappa shape index (κ1) is 15.3. The van der Waals surface area contributed by atoms with Crippen molar-refractivity contribution in [3.8, 4) is 5.75 Å². The molecule has 0 bridgehead atoms. The van der Waals surface area contributed by atoms with E-state index in [9.17, 15) is 13.5 Å². The molecule has 0 aliphatic heterocycles. The summed E-state index contributed by atoms with van der Waals surface area (Å²) in [6, 6.07) is 7.31. The Morgan fingerprint density at radius 3 is 2.45 bits per heavy atom. The summed E-state index contributed by atoms with van der Waals surface area (Å²) in [6.07, 6.45) is 3.68. The SMILES string of the molecule is COc1ccc(C(O)C2CCCC(S(C)(=O)=O)C2)cc1. The van der Waals surface area contributed by atoms with Gasteiger partial charge in [-0.05, 0) is 42.9 Å². The first-order valence-electron chi connectivity index (χ1n) is 6.92. The van der Waals surface area contributed by atoms with Crippen molar-refractivity contribution in [2.75, 3.05) is 13.4 Å². The second-order valence-corrected chi connectivity index (χ2v) is 7.92. The van der Waals surface area contributed by atoms with E-state index < -0.39 is 15.9 Å². The molecule has 0 heterocycles. The van der Waals surface area contributed by atoms with Crippen LogP contribution >= 0.6 is 0 Å². The Balaban J connectivity index is 2.09. The Kier molecular flexibility index (Phi) is 4.70. The van der Waals surface area contributed by atoms with Crippen LogP contribution in [0.25, 0.3) is 0 Å². The normalized spacial score (nSPS) is 25.1. The van der Waals surface area contributed by atoms with E-state index in [1.54, 1.807) is 7.11 Å². The fourth-order valence-corrected chi connectivity index (χ4v) is 4.12. The first-order valence-corrected chi connectivity index (χ1v) is 8.88. The lowest BCUT2D eigenvalue weighted by atomic mass is 9.82. The number of hydrogen-bond donors (Lipinski definition) is 1. The minimum atomic E-state index is -3.02. The Bertz CT molecular complexity index is 535. The van der Waals surface area contributed by atoms with Gasteiger partial charge in [-0.15, -0.1) is 0 Å². The summed E-state index contributed by atoms with van der Waals surface area (Å²) in [6.45, 7) is 0. The number of ether oxygens (including phenoxy) is 1. The predicted molar refractivity (Wildman–Crippen MR) is 78.5 cm³/mol. The summed E-state index contributed by atoms with van der Waals surface area (Å²) < 4.78 is 28.4. The van der Waals surface area contributed by atoms with Gasteiger partial charge in [0.25, 0.3) is 0 Å². The average molecular weight is 298 g/mol. The van der Waals surface area contributed by atoms with Crippen LogP contribution in [0.1, 0.15) is 37.4 Å². The van der Waals surface area contributed by atoms with E-state index in [0.717, 1.165) is 24.2 Å². The molecule has 0 radical (unpaired) electrons. The molecule has 0 aromatic heterocycles. The summed E-state index contributed by atoms with van der Waals surface area (Å²) >= 11 is 0. The highest BCUT2D eigenvalue weighted by molar-refractivity contribution is 7.91. The molecule has 112 valence electrons. The molecule has 1 aliphatic rings. The Labute approximate surface area is 120 Å². The van der Waals surface area contributed by atoms with Crippen LogP contribution in [0.5, 0.6) is 5.75 Å². The number of benzene rings is 1. The van der Waals surface area contributed by atoms with Crippen LogP contribution in [-0.4, -0.2) is 32.1 Å². The monoisotopic (exact) mass is 298 g/mol. The highest BCUT2D eigenvalue weighted by atomic mass is 32.2. The highest BCUT2D eigenvalue weighted by Gasteiger charge is 2.32. The Morgan fingerprint density at radius 2 is 1.90 bits per heavy atom. The third-order valence-electron chi connectivity index (χ3n) is 4.18. The molecule has 20 heavy (non-hydrogen) atoms. The van der Waals surface area contributed by atoms with E-state index in [1.807, 2.05) is 24.3 Å². The third kappa shape index (κ3) is 3.52. The molecule has 1 aliphatic carbocycles. The number of aliphatic hydroxyl groups is 1. The molecule has 0 amide bonds. The number of rotatable bonds is 4. The van der Waals surface area contributed by atoms with Gasteiger partial charge in [0.05, 0.1) is 18.5 Å². The molecular formula is C15H22O4S. The lowest BCUT2D eigenvalue weighted by molar-refractivity contribution is 0.0857. The van der Waals surface area contributed by atoms with Crippen molar-refractivity contribution in [2.45, 2.75) is 37.0 Å². The molecule has 3 unspecified atom stereocenters. The molecule has 1 fully saturated rings. The van der Waals surface area contributed by atoms with Gasteiger partial charge in [-0.2, -0.15) is 0 Å². The van der Waals surface area contributed by atoms with Crippen molar-refractivity contribution in [2.24, 2.45) is 5.92 Å². The molecule has 5 heteroatoms. The zero-order valence-electron chi connectivity index (χ0n) is 12.0. The van der Waals surface area contributed by atoms with Crippen LogP contribution < -0.4 is 4.74 Å². The van der Waals surface area contributed by atoms with Crippen molar-refractivity contribution in [1.29, 1.82) is 0 Å². The molecule has 1 saturated carbocycles. The van der Waals surface area contributed by atoms with Crippen LogP contribution in [0, 0.1) is 5.92 Å². The van der Waals surface area contributed by atoms with Gasteiger partial charge >= 0.3 is 0 Å². The molecule has 1 aromatic rings. The summed E-state index contributed by atoms with van der Waals surface area (Å²) in [5.41, 5.74) is 0.824. The largest absolute Gasteiger partial charge is 0.497 e. The maximum atomic E-state index is 11.7. The zero-order valence-corrected chi connectivity index (χ0v) is 12.8. The van der Waals surface area contributed by atoms with Crippen LogP contribution in [0.3, 0.4) is 0 Å². The lowest BCUT2D eigenvalue weighted by Gasteiger charge is -2.31. The molecule has 0 spiro atoms. The van der Waals surface area contributed by atoms with E-state index >= 15 is 0 Å². The van der Waals surface area contributed by atoms with E-state index in [4.69, 9.17) is 4.74 Å². The smallest absolute Gasteiger partial charge is 0.150 e. The number of hydrogen-bond acceptors (Lipinski definition) is 4. The molecule has 2 rings (SSSR count). The molecule has 3 atom stereocenters. The number of sulfone groups is 1. The van der Waals surface area contributed by atoms with E-state index in [1.165, 1.54) is 6.26 Å². The fraction of sp³-hybridized carbons (Fsp3) is 0.600. The molecule has 0 saturated heterocycles. The summed E-state index contributed by atoms with van der Waals surface area (Å²) in [5, 5.41) is 10.1. The second kappa shape index (κ2) is 6.14. The van der Waals surface area contributed by atoms with Gasteiger partial charge < -0.3 is 9.84 Å². The van der Waals surface area contributed by atoms with Crippen molar-refractivity contribution in [3.05, 3.63) is 29.8 Å². The topological polar surface area (TPSA) is 63.6 Å². The number of methoxy groups -OCH3 is 1. The maximum Gasteiger partial charge on any atom is 0.150 e. The zero-order chi connectivity index (χ0) is 14.8. The van der Waals surface area contributed by atoms with Gasteiger partial charge in [-0.1, -0.05) is 18.6 Å². The molecule has 1 aromatic carbocycles. The van der Waals surface area contributed by atoms with Crippen LogP contribution in [0.2, 0.25) is 0 Å². The lowest BCUT2D eigenvalue weighted by Crippen LogP contribution is -2.30. The molecule has 4 nitrogen and oxygen atoms in total. The van der Waals surface area contributed by atoms with Gasteiger partial charge in [0, 0.05) is 6.26 Å². The van der Waals surface area contributed by atoms with Gasteiger partial charge in [0.15, 0.2) is 0 Å². The van der Waals surface area contributed by atoms with Crippen LogP contribution in [0.4, 0.5) is 0 Å². The van der Waals surface area contributed by atoms with Crippen molar-refractivity contribution in [3.63, 3.8) is 0 Å². The van der Waals surface area contributed by atoms with E-state index in [0.29, 0.717) is 12.8 Å². The van der Waals surface area contributed by atoms with Gasteiger partial charge in [0.1, 0.15) is 15.6 Å². The Morgan fingerprint density at radius 1 is 1.25 bits per heavy atom. The quantitative estimate of drug-likeness (QED) is 0.926. The van der Waals surface area contributed by atoms with Crippen molar-refractivity contribution >= 4 is 9.84 Å². The summed E-state index contributed by atoms with van der Waals surface area (Å²) in [5.74, 6) is 0.760. The average Bonchev–Trinajstić information content (AvgIpc) is 2.46. The second-order valence-electron chi connectivity index (χ2n) is 5.60. The van der Waals surface area contributed by atoms with E-state index in [2.05, 4.69) is 0 Å². The highest BCUT2D eigenvalue weighted by Crippen LogP contribution is 2.37. The van der Waals surface area contributed by atoms with Gasteiger partial charge in [-0.3, -0.25) is 0 Å². The minimum Gasteiger partial charge on any atom is -0.497 e. The predicted octanol–water partition coefficient (Wildman–Crippen LogP) is 2.33. The fourth-order valence-electron chi connectivity index (χ4n) is 2.93. The maximum absolute atomic E-state index is 11.7. The Hall–Kier alpha value is -1.07. The third-order valence-corrected chi connectivity index (χ3v) is 5.82. The summed E-state index contributed by atoms with van der Waals surface area (Å²) in [4.78, 5) is 0. The van der Waals surface area contributed by atoms with Crippen molar-refractivity contribution in [1.82, 2.24) is 0 Å². The first-order chi connectivity index (χ1) is 9.41. The molecular weight excluding hydrogens is 276 g/mol. The van der Waals surface area contributed by atoms with Gasteiger partial charge in [-0.25, -0.2) is 8.42 Å². The summed E-state index contributed by atoms with van der Waals surface area (Å²) in [7, 11) is -1.42. The number of aliphatic hydroxyl groups excluding tert-OH is 1. The van der Waals surface area contributed by atoms with Crippen LogP contribution in [0.15, 0.2) is 24.3 Å². The standard InChI is InChI=1S/C15H22O4S/c1-19-13-8-6-11(7-9-13)15(16)12-4-3-5-14(10-12)20(2,17)18/h6-9,12,14-16H,3-5,10H2,1-2H3.